The van der Waals surface area contributed by atoms with E-state index in [9.17, 15) is 9.18 Å². The van der Waals surface area contributed by atoms with Crippen LogP contribution in [0.25, 0.3) is 0 Å². The Kier molecular flexibility index (Phi) is 10.1. The van der Waals surface area contributed by atoms with Crippen LogP contribution in [0.15, 0.2) is 24.3 Å². The normalized spacial score (nSPS) is 15.4. The van der Waals surface area contributed by atoms with Gasteiger partial charge in [-0.15, -0.1) is 24.8 Å². The molecular formula is C17H29Cl2FN2OSi. The molecule has 1 amide bonds. The average Bonchev–Trinajstić information content (AvgIpc) is 2.49. The molecule has 1 aromatic rings. The van der Waals surface area contributed by atoms with Crippen molar-refractivity contribution in [2.24, 2.45) is 0 Å². The molecule has 0 aromatic heterocycles. The summed E-state index contributed by atoms with van der Waals surface area (Å²) in [5.41, 5.74) is 1.23. The monoisotopic (exact) mass is 394 g/mol. The van der Waals surface area contributed by atoms with E-state index >= 15 is 0 Å². The first kappa shape index (κ1) is 23.4. The summed E-state index contributed by atoms with van der Waals surface area (Å²) in [4.78, 5) is 16.2. The second-order valence-corrected chi connectivity index (χ2v) is 12.0. The maximum Gasteiger partial charge on any atom is 0.222 e. The molecule has 1 saturated heterocycles. The highest BCUT2D eigenvalue weighted by Crippen LogP contribution is 2.15. The number of rotatable bonds is 5. The lowest BCUT2D eigenvalue weighted by molar-refractivity contribution is -0.132. The largest absolute Gasteiger partial charge is 0.340 e. The molecule has 1 aromatic carbocycles. The van der Waals surface area contributed by atoms with Gasteiger partial charge in [0.2, 0.25) is 5.91 Å². The number of benzene rings is 1. The van der Waals surface area contributed by atoms with E-state index in [0.29, 0.717) is 6.42 Å². The highest BCUT2D eigenvalue weighted by molar-refractivity contribution is 6.77. The van der Waals surface area contributed by atoms with E-state index in [1.54, 1.807) is 12.1 Å². The average molecular weight is 395 g/mol. The second kappa shape index (κ2) is 10.4. The molecule has 0 spiro atoms. The van der Waals surface area contributed by atoms with Gasteiger partial charge in [0.15, 0.2) is 0 Å². The summed E-state index contributed by atoms with van der Waals surface area (Å²) in [6, 6.07) is 7.98. The van der Waals surface area contributed by atoms with E-state index in [-0.39, 0.29) is 36.5 Å². The third kappa shape index (κ3) is 7.09. The van der Waals surface area contributed by atoms with Crippen molar-refractivity contribution < 1.29 is 9.18 Å². The van der Waals surface area contributed by atoms with Gasteiger partial charge in [-0.1, -0.05) is 37.7 Å². The summed E-state index contributed by atoms with van der Waals surface area (Å²) < 4.78 is 13.0. The van der Waals surface area contributed by atoms with Crippen LogP contribution >= 0.6 is 24.8 Å². The van der Waals surface area contributed by atoms with Crippen LogP contribution in [0, 0.1) is 5.82 Å². The lowest BCUT2D eigenvalue weighted by Crippen LogP contribution is -2.53. The van der Waals surface area contributed by atoms with Crippen molar-refractivity contribution in [1.29, 1.82) is 0 Å². The molecule has 1 fully saturated rings. The van der Waals surface area contributed by atoms with E-state index in [1.165, 1.54) is 5.56 Å². The fraction of sp³-hybridized carbons (Fsp3) is 0.588. The number of hydrogen-bond donors (Lipinski definition) is 0. The van der Waals surface area contributed by atoms with Crippen LogP contribution in [0.4, 0.5) is 4.39 Å². The Bertz CT molecular complexity index is 506. The Balaban J connectivity index is 0.00000264. The molecule has 2 rings (SSSR count). The van der Waals surface area contributed by atoms with Gasteiger partial charge in [0.1, 0.15) is 5.82 Å². The molecule has 3 nitrogen and oxygen atoms in total. The number of piperazine rings is 1. The Hall–Kier alpha value is -0.623. The number of carbonyl (C=O) groups is 1. The minimum absolute atomic E-state index is 0. The number of nitrogens with zero attached hydrogens (tertiary/aromatic N) is 2. The topological polar surface area (TPSA) is 23.6 Å². The van der Waals surface area contributed by atoms with Gasteiger partial charge in [-0.2, -0.15) is 0 Å². The zero-order valence-corrected chi connectivity index (χ0v) is 17.4. The van der Waals surface area contributed by atoms with E-state index < -0.39 is 8.07 Å². The minimum atomic E-state index is -1.41. The lowest BCUT2D eigenvalue weighted by atomic mass is 10.2. The fourth-order valence-electron chi connectivity index (χ4n) is 3.20. The number of hydrogen-bond acceptors (Lipinski definition) is 2. The molecule has 1 aliphatic heterocycles. The van der Waals surface area contributed by atoms with Crippen LogP contribution in [-0.2, 0) is 10.8 Å². The first-order valence-corrected chi connectivity index (χ1v) is 11.6. The van der Waals surface area contributed by atoms with Gasteiger partial charge >= 0.3 is 0 Å². The highest BCUT2D eigenvalue weighted by atomic mass is 35.5. The van der Waals surface area contributed by atoms with Gasteiger partial charge < -0.3 is 9.80 Å². The molecule has 138 valence electrons. The Morgan fingerprint density at radius 3 is 2.12 bits per heavy atom. The molecular weight excluding hydrogens is 366 g/mol. The Morgan fingerprint density at radius 2 is 1.62 bits per heavy atom. The fourth-order valence-corrected chi connectivity index (χ4v) is 6.17. The SMILES string of the molecule is CCC(=O)N1CCN(C[Si](C)(C)Cc2ccc(F)cc2)CC1.Cl.Cl. The number of carbonyl (C=O) groups excluding carboxylic acids is 1. The Morgan fingerprint density at radius 1 is 1.08 bits per heavy atom. The van der Waals surface area contributed by atoms with Gasteiger partial charge in [-0.25, -0.2) is 4.39 Å². The van der Waals surface area contributed by atoms with Crippen molar-refractivity contribution in [3.8, 4) is 0 Å². The molecule has 0 aliphatic carbocycles. The molecule has 7 heteroatoms. The molecule has 1 heterocycles. The molecule has 0 atom stereocenters. The van der Waals surface area contributed by atoms with Crippen LogP contribution in [0.1, 0.15) is 18.9 Å². The lowest BCUT2D eigenvalue weighted by Gasteiger charge is -2.38. The van der Waals surface area contributed by atoms with Crippen LogP contribution in [0.5, 0.6) is 0 Å². The van der Waals surface area contributed by atoms with Crippen molar-refractivity contribution in [3.63, 3.8) is 0 Å². The molecule has 0 unspecified atom stereocenters. The zero-order valence-electron chi connectivity index (χ0n) is 14.8. The molecule has 0 N–H and O–H groups in total. The summed E-state index contributed by atoms with van der Waals surface area (Å²) in [6.45, 7) is 10.4. The van der Waals surface area contributed by atoms with E-state index in [1.807, 2.05) is 24.0 Å². The van der Waals surface area contributed by atoms with E-state index in [2.05, 4.69) is 18.0 Å². The predicted molar refractivity (Wildman–Crippen MR) is 105 cm³/mol. The maximum atomic E-state index is 13.0. The summed E-state index contributed by atoms with van der Waals surface area (Å²) >= 11 is 0. The van der Waals surface area contributed by atoms with Crippen LogP contribution in [-0.4, -0.2) is 56.1 Å². The predicted octanol–water partition coefficient (Wildman–Crippen LogP) is 3.55. The third-order valence-corrected chi connectivity index (χ3v) is 6.94. The van der Waals surface area contributed by atoms with Crippen molar-refractivity contribution in [2.45, 2.75) is 32.5 Å². The minimum Gasteiger partial charge on any atom is -0.340 e. The first-order chi connectivity index (χ1) is 10.4. The summed E-state index contributed by atoms with van der Waals surface area (Å²) in [6.07, 6.45) is 1.74. The van der Waals surface area contributed by atoms with Crippen molar-refractivity contribution in [1.82, 2.24) is 9.80 Å². The molecule has 1 aliphatic rings. The molecule has 24 heavy (non-hydrogen) atoms. The standard InChI is InChI=1S/C17H27FN2OSi.2ClH/c1-4-17(21)20-11-9-19(10-12-20)14-22(2,3)13-15-5-7-16(18)8-6-15;;/h5-8H,4,9-14H2,1-3H3;2*1H. The van der Waals surface area contributed by atoms with E-state index in [0.717, 1.165) is 38.4 Å². The van der Waals surface area contributed by atoms with Crippen molar-refractivity contribution in [2.75, 3.05) is 32.3 Å². The quantitative estimate of drug-likeness (QED) is 0.712. The summed E-state index contributed by atoms with van der Waals surface area (Å²) in [7, 11) is -1.41. The van der Waals surface area contributed by atoms with Crippen molar-refractivity contribution >= 4 is 38.8 Å². The van der Waals surface area contributed by atoms with Crippen molar-refractivity contribution in [3.05, 3.63) is 35.6 Å². The Labute approximate surface area is 158 Å². The van der Waals surface area contributed by atoms with Crippen LogP contribution in [0.3, 0.4) is 0 Å². The number of halogens is 3. The van der Waals surface area contributed by atoms with Crippen LogP contribution in [0.2, 0.25) is 13.1 Å². The van der Waals surface area contributed by atoms with Gasteiger partial charge in [-0.05, 0) is 24.3 Å². The second-order valence-electron chi connectivity index (χ2n) is 6.98. The van der Waals surface area contributed by atoms with Gasteiger partial charge in [0, 0.05) is 32.6 Å². The molecule has 0 bridgehead atoms. The van der Waals surface area contributed by atoms with E-state index in [4.69, 9.17) is 0 Å². The highest BCUT2D eigenvalue weighted by Gasteiger charge is 2.27. The number of amides is 1. The smallest absolute Gasteiger partial charge is 0.222 e. The van der Waals surface area contributed by atoms with Gasteiger partial charge in [0.05, 0.1) is 8.07 Å². The van der Waals surface area contributed by atoms with Gasteiger partial charge in [-0.3, -0.25) is 4.79 Å². The van der Waals surface area contributed by atoms with Crippen LogP contribution < -0.4 is 0 Å². The van der Waals surface area contributed by atoms with Gasteiger partial charge in [0.25, 0.3) is 0 Å². The third-order valence-electron chi connectivity index (χ3n) is 4.28. The molecule has 0 radical (unpaired) electrons. The maximum absolute atomic E-state index is 13.0. The summed E-state index contributed by atoms with van der Waals surface area (Å²) in [5, 5.41) is 0. The first-order valence-electron chi connectivity index (χ1n) is 8.14. The summed E-state index contributed by atoms with van der Waals surface area (Å²) in [5.74, 6) is 0.0994. The molecule has 0 saturated carbocycles. The zero-order chi connectivity index (χ0) is 16.2.